The van der Waals surface area contributed by atoms with Crippen LogP contribution in [0.4, 0.5) is 0 Å². The Morgan fingerprint density at radius 1 is 1.48 bits per heavy atom. The Morgan fingerprint density at radius 2 is 2.30 bits per heavy atom. The van der Waals surface area contributed by atoms with Crippen molar-refractivity contribution in [1.29, 1.82) is 0 Å². The minimum absolute atomic E-state index is 0.0480. The molecule has 1 saturated heterocycles. The smallest absolute Gasteiger partial charge is 0.274 e. The first-order valence-electron chi connectivity index (χ1n) is 8.13. The molecule has 1 fully saturated rings. The molecule has 2 aromatic rings. The highest BCUT2D eigenvalue weighted by Crippen LogP contribution is 2.34. The summed E-state index contributed by atoms with van der Waals surface area (Å²) in [5, 5.41) is 8.73. The van der Waals surface area contributed by atoms with Crippen LogP contribution in [-0.4, -0.2) is 32.3 Å². The maximum absolute atomic E-state index is 12.9. The van der Waals surface area contributed by atoms with Gasteiger partial charge in [-0.15, -0.1) is 0 Å². The lowest BCUT2D eigenvalue weighted by molar-refractivity contribution is 0.0718. The number of aryl methyl sites for hydroxylation is 2. The van der Waals surface area contributed by atoms with E-state index in [1.807, 2.05) is 17.9 Å². The Morgan fingerprint density at radius 3 is 3.04 bits per heavy atom. The van der Waals surface area contributed by atoms with Crippen LogP contribution in [0.1, 0.15) is 61.1 Å². The molecule has 124 valence electrons. The molecule has 23 heavy (non-hydrogen) atoms. The van der Waals surface area contributed by atoms with Crippen molar-refractivity contribution in [3.8, 4) is 0 Å². The van der Waals surface area contributed by atoms with Gasteiger partial charge in [-0.1, -0.05) is 23.7 Å². The summed E-state index contributed by atoms with van der Waals surface area (Å²) in [6.45, 7) is 5.35. The van der Waals surface area contributed by atoms with Crippen LogP contribution in [0.15, 0.2) is 16.8 Å². The van der Waals surface area contributed by atoms with E-state index in [2.05, 4.69) is 17.2 Å². The number of carbonyl (C=O) groups excluding carboxylic acids is 1. The number of amides is 1. The largest absolute Gasteiger partial charge is 0.361 e. The topological polar surface area (TPSA) is 64.2 Å². The van der Waals surface area contributed by atoms with Crippen LogP contribution in [0, 0.1) is 0 Å². The fourth-order valence-electron chi connectivity index (χ4n) is 3.12. The van der Waals surface area contributed by atoms with Crippen molar-refractivity contribution in [2.75, 3.05) is 6.54 Å². The van der Waals surface area contributed by atoms with Crippen LogP contribution in [0.3, 0.4) is 0 Å². The molecule has 0 unspecified atom stereocenters. The van der Waals surface area contributed by atoms with Gasteiger partial charge in [-0.25, -0.2) is 0 Å². The van der Waals surface area contributed by atoms with Gasteiger partial charge < -0.3 is 9.42 Å². The number of carbonyl (C=O) groups is 1. The van der Waals surface area contributed by atoms with Crippen LogP contribution < -0.4 is 0 Å². The number of aromatic nitrogens is 3. The summed E-state index contributed by atoms with van der Waals surface area (Å²) in [4.78, 5) is 14.8. The standard InChI is InChI=1S/C16H21ClN4O2/c1-3-6-11-9-13(19-23-11)14-7-5-8-20(14)16(22)15-12(17)10-18-21(15)4-2/h9-10,14H,3-8H2,1-2H3/t14-/m0/s1. The van der Waals surface area contributed by atoms with Gasteiger partial charge in [0.2, 0.25) is 0 Å². The molecular weight excluding hydrogens is 316 g/mol. The average Bonchev–Trinajstić information content (AvgIpc) is 3.25. The fraction of sp³-hybridized carbons (Fsp3) is 0.562. The first-order chi connectivity index (χ1) is 11.2. The van der Waals surface area contributed by atoms with Crippen molar-refractivity contribution >= 4 is 17.5 Å². The van der Waals surface area contributed by atoms with Gasteiger partial charge in [-0.3, -0.25) is 9.48 Å². The molecule has 3 rings (SSSR count). The highest BCUT2D eigenvalue weighted by Gasteiger charge is 2.35. The molecule has 0 radical (unpaired) electrons. The molecule has 1 atom stereocenters. The molecule has 0 saturated carbocycles. The molecule has 0 spiro atoms. The summed E-state index contributed by atoms with van der Waals surface area (Å²) in [6, 6.07) is 1.92. The molecule has 0 N–H and O–H groups in total. The third-order valence-corrected chi connectivity index (χ3v) is 4.50. The summed E-state index contributed by atoms with van der Waals surface area (Å²) in [5.41, 5.74) is 1.29. The van der Waals surface area contributed by atoms with Crippen LogP contribution in [0.25, 0.3) is 0 Å². The first kappa shape index (κ1) is 16.1. The van der Waals surface area contributed by atoms with E-state index in [1.165, 1.54) is 6.20 Å². The second-order valence-corrected chi connectivity index (χ2v) is 6.19. The quantitative estimate of drug-likeness (QED) is 0.838. The SMILES string of the molecule is CCCc1cc([C@@H]2CCCN2C(=O)c2c(Cl)cnn2CC)no1. The van der Waals surface area contributed by atoms with E-state index in [0.29, 0.717) is 23.8 Å². The zero-order chi connectivity index (χ0) is 16.4. The van der Waals surface area contributed by atoms with Gasteiger partial charge in [-0.05, 0) is 26.2 Å². The summed E-state index contributed by atoms with van der Waals surface area (Å²) in [6.07, 6.45) is 5.24. The molecule has 6 nitrogen and oxygen atoms in total. The second-order valence-electron chi connectivity index (χ2n) is 5.78. The van der Waals surface area contributed by atoms with Crippen LogP contribution in [-0.2, 0) is 13.0 Å². The molecule has 3 heterocycles. The molecule has 2 aromatic heterocycles. The first-order valence-corrected chi connectivity index (χ1v) is 8.51. The Labute approximate surface area is 140 Å². The zero-order valence-corrected chi connectivity index (χ0v) is 14.2. The van der Waals surface area contributed by atoms with E-state index < -0.39 is 0 Å². The van der Waals surface area contributed by atoms with E-state index >= 15 is 0 Å². The van der Waals surface area contributed by atoms with Crippen LogP contribution in [0.5, 0.6) is 0 Å². The number of likely N-dealkylation sites (tertiary alicyclic amines) is 1. The maximum atomic E-state index is 12.9. The van der Waals surface area contributed by atoms with E-state index in [1.54, 1.807) is 4.68 Å². The number of hydrogen-bond donors (Lipinski definition) is 0. The number of rotatable bonds is 5. The lowest BCUT2D eigenvalue weighted by Crippen LogP contribution is -2.32. The van der Waals surface area contributed by atoms with Crippen molar-refractivity contribution in [2.24, 2.45) is 0 Å². The number of halogens is 1. The highest BCUT2D eigenvalue weighted by atomic mass is 35.5. The highest BCUT2D eigenvalue weighted by molar-refractivity contribution is 6.33. The predicted molar refractivity (Wildman–Crippen MR) is 86.4 cm³/mol. The zero-order valence-electron chi connectivity index (χ0n) is 13.5. The summed E-state index contributed by atoms with van der Waals surface area (Å²) in [7, 11) is 0. The maximum Gasteiger partial charge on any atom is 0.274 e. The fourth-order valence-corrected chi connectivity index (χ4v) is 3.34. The molecule has 0 aromatic carbocycles. The Kier molecular flexibility index (Phi) is 4.71. The van der Waals surface area contributed by atoms with Gasteiger partial charge in [0.15, 0.2) is 0 Å². The van der Waals surface area contributed by atoms with Gasteiger partial charge in [0.1, 0.15) is 17.1 Å². The van der Waals surface area contributed by atoms with Gasteiger partial charge in [-0.2, -0.15) is 5.10 Å². The molecule has 7 heteroatoms. The summed E-state index contributed by atoms with van der Waals surface area (Å²) >= 11 is 6.17. The minimum atomic E-state index is -0.0862. The molecule has 0 bridgehead atoms. The lowest BCUT2D eigenvalue weighted by atomic mass is 10.1. The predicted octanol–water partition coefficient (Wildman–Crippen LogP) is 3.47. The lowest BCUT2D eigenvalue weighted by Gasteiger charge is -2.23. The van der Waals surface area contributed by atoms with Crippen molar-refractivity contribution < 1.29 is 9.32 Å². The van der Waals surface area contributed by atoms with E-state index in [0.717, 1.165) is 37.1 Å². The van der Waals surface area contributed by atoms with E-state index in [9.17, 15) is 4.79 Å². The Hall–Kier alpha value is -1.82. The average molecular weight is 337 g/mol. The normalized spacial score (nSPS) is 17.9. The van der Waals surface area contributed by atoms with Crippen molar-refractivity contribution in [1.82, 2.24) is 19.8 Å². The monoisotopic (exact) mass is 336 g/mol. The molecule has 1 amide bonds. The van der Waals surface area contributed by atoms with Crippen molar-refractivity contribution in [3.63, 3.8) is 0 Å². The Bertz CT molecular complexity index is 694. The molecule has 1 aliphatic rings. The van der Waals surface area contributed by atoms with Gasteiger partial charge in [0.25, 0.3) is 5.91 Å². The minimum Gasteiger partial charge on any atom is -0.361 e. The van der Waals surface area contributed by atoms with Crippen LogP contribution >= 0.6 is 11.6 Å². The van der Waals surface area contributed by atoms with E-state index in [-0.39, 0.29) is 11.9 Å². The van der Waals surface area contributed by atoms with Gasteiger partial charge in [0, 0.05) is 25.6 Å². The number of nitrogens with zero attached hydrogens (tertiary/aromatic N) is 4. The summed E-state index contributed by atoms with van der Waals surface area (Å²) < 4.78 is 7.02. The van der Waals surface area contributed by atoms with Crippen molar-refractivity contribution in [3.05, 3.63) is 34.4 Å². The van der Waals surface area contributed by atoms with Gasteiger partial charge in [0.05, 0.1) is 17.3 Å². The molecular formula is C16H21ClN4O2. The van der Waals surface area contributed by atoms with Gasteiger partial charge >= 0.3 is 0 Å². The number of hydrogen-bond acceptors (Lipinski definition) is 4. The third-order valence-electron chi connectivity index (χ3n) is 4.23. The second kappa shape index (κ2) is 6.74. The summed E-state index contributed by atoms with van der Waals surface area (Å²) in [5.74, 6) is 0.787. The molecule has 1 aliphatic heterocycles. The molecule has 0 aliphatic carbocycles. The third kappa shape index (κ3) is 3.00. The van der Waals surface area contributed by atoms with E-state index in [4.69, 9.17) is 16.1 Å². The van der Waals surface area contributed by atoms with Crippen LogP contribution in [0.2, 0.25) is 5.02 Å². The Balaban J connectivity index is 1.85. The van der Waals surface area contributed by atoms with Crippen molar-refractivity contribution in [2.45, 2.75) is 52.1 Å².